The van der Waals surface area contributed by atoms with E-state index >= 15 is 0 Å². The summed E-state index contributed by atoms with van der Waals surface area (Å²) in [7, 11) is 6.90. The number of hydrogen-bond acceptors (Lipinski definition) is 4. The number of nitrogens with zero attached hydrogens (tertiary/aromatic N) is 5. The predicted octanol–water partition coefficient (Wildman–Crippen LogP) is 2.11. The Morgan fingerprint density at radius 2 is 1.45 bits per heavy atom. The SMILES string of the molecule is CCl.CN(C)C(=O)N(C)C.c1cnc2nccnc2c1. The molecule has 2 aromatic heterocycles. The summed E-state index contributed by atoms with van der Waals surface area (Å²) in [6.07, 6.45) is 6.47. The molecule has 0 atom stereocenters. The van der Waals surface area contributed by atoms with Crippen molar-refractivity contribution in [1.29, 1.82) is 0 Å². The smallest absolute Gasteiger partial charge is 0.318 e. The highest BCUT2D eigenvalue weighted by molar-refractivity contribution is 6.15. The van der Waals surface area contributed by atoms with E-state index in [0.29, 0.717) is 5.65 Å². The van der Waals surface area contributed by atoms with Gasteiger partial charge in [-0.2, -0.15) is 0 Å². The van der Waals surface area contributed by atoms with Crippen molar-refractivity contribution in [2.45, 2.75) is 0 Å². The number of urea groups is 1. The van der Waals surface area contributed by atoms with Crippen molar-refractivity contribution < 1.29 is 4.79 Å². The van der Waals surface area contributed by atoms with E-state index in [1.54, 1.807) is 46.8 Å². The van der Waals surface area contributed by atoms with Crippen LogP contribution in [0, 0.1) is 0 Å². The number of alkyl halides is 1. The molecule has 0 fully saturated rings. The van der Waals surface area contributed by atoms with Crippen LogP contribution in [0.15, 0.2) is 30.7 Å². The van der Waals surface area contributed by atoms with Crippen molar-refractivity contribution in [2.75, 3.05) is 34.6 Å². The first-order chi connectivity index (χ1) is 9.52. The van der Waals surface area contributed by atoms with Crippen LogP contribution in [0.1, 0.15) is 0 Å². The molecule has 110 valence electrons. The van der Waals surface area contributed by atoms with Gasteiger partial charge in [-0.1, -0.05) is 0 Å². The number of carbonyl (C=O) groups excluding carboxylic acids is 1. The third kappa shape index (κ3) is 6.29. The van der Waals surface area contributed by atoms with Crippen molar-refractivity contribution in [3.63, 3.8) is 0 Å². The molecule has 7 heteroatoms. The Balaban J connectivity index is 0.000000330. The zero-order chi connectivity index (χ0) is 15.5. The van der Waals surface area contributed by atoms with Gasteiger partial charge in [0.25, 0.3) is 0 Å². The molecule has 0 spiro atoms. The Bertz CT molecular complexity index is 443. The number of carbonyl (C=O) groups is 1. The largest absolute Gasteiger partial charge is 0.331 e. The average molecular weight is 298 g/mol. The van der Waals surface area contributed by atoms with Crippen LogP contribution in [-0.2, 0) is 0 Å². The molecule has 0 radical (unpaired) electrons. The van der Waals surface area contributed by atoms with Gasteiger partial charge >= 0.3 is 6.03 Å². The molecule has 2 amide bonds. The van der Waals surface area contributed by atoms with Crippen molar-refractivity contribution in [3.05, 3.63) is 30.7 Å². The van der Waals surface area contributed by atoms with Gasteiger partial charge in [0.05, 0.1) is 0 Å². The number of hydrogen-bond donors (Lipinski definition) is 0. The molecule has 2 heterocycles. The maximum atomic E-state index is 10.7. The fourth-order valence-electron chi connectivity index (χ4n) is 1.21. The lowest BCUT2D eigenvalue weighted by molar-refractivity contribution is 0.191. The van der Waals surface area contributed by atoms with E-state index in [1.807, 2.05) is 12.1 Å². The van der Waals surface area contributed by atoms with Gasteiger partial charge in [-0.15, -0.1) is 11.6 Å². The summed E-state index contributed by atoms with van der Waals surface area (Å²) in [4.78, 5) is 25.8. The normalized spacial score (nSPS) is 8.70. The Kier molecular flexibility index (Phi) is 8.95. The summed E-state index contributed by atoms with van der Waals surface area (Å²) < 4.78 is 0. The number of aromatic nitrogens is 3. The third-order valence-electron chi connectivity index (χ3n) is 2.01. The van der Waals surface area contributed by atoms with Crippen molar-refractivity contribution in [2.24, 2.45) is 0 Å². The summed E-state index contributed by atoms with van der Waals surface area (Å²) in [5, 5.41) is 0. The second kappa shape index (κ2) is 9.91. The molecule has 0 aromatic carbocycles. The van der Waals surface area contributed by atoms with Crippen LogP contribution in [0.5, 0.6) is 0 Å². The molecule has 2 aromatic rings. The van der Waals surface area contributed by atoms with E-state index in [0.717, 1.165) is 5.52 Å². The zero-order valence-corrected chi connectivity index (χ0v) is 13.2. The maximum Gasteiger partial charge on any atom is 0.318 e. The fraction of sp³-hybridized carbons (Fsp3) is 0.385. The van der Waals surface area contributed by atoms with Crippen LogP contribution in [0.25, 0.3) is 11.2 Å². The Morgan fingerprint density at radius 1 is 0.950 bits per heavy atom. The van der Waals surface area contributed by atoms with Crippen LogP contribution in [0.3, 0.4) is 0 Å². The molecule has 0 bridgehead atoms. The van der Waals surface area contributed by atoms with Gasteiger partial charge < -0.3 is 9.80 Å². The van der Waals surface area contributed by atoms with Gasteiger partial charge in [0.1, 0.15) is 5.52 Å². The van der Waals surface area contributed by atoms with E-state index in [9.17, 15) is 4.79 Å². The predicted molar refractivity (Wildman–Crippen MR) is 81.9 cm³/mol. The fourth-order valence-corrected chi connectivity index (χ4v) is 1.21. The topological polar surface area (TPSA) is 62.2 Å². The van der Waals surface area contributed by atoms with Crippen LogP contribution in [-0.4, -0.2) is 65.4 Å². The monoisotopic (exact) mass is 297 g/mol. The highest BCUT2D eigenvalue weighted by Gasteiger charge is 2.02. The molecule has 0 N–H and O–H groups in total. The summed E-state index contributed by atoms with van der Waals surface area (Å²) in [6, 6.07) is 3.75. The number of rotatable bonds is 0. The minimum absolute atomic E-state index is 0.0185. The maximum absolute atomic E-state index is 10.7. The first kappa shape index (κ1) is 18.0. The second-order valence-corrected chi connectivity index (χ2v) is 3.97. The van der Waals surface area contributed by atoms with Crippen LogP contribution >= 0.6 is 11.6 Å². The number of pyridine rings is 1. The Labute approximate surface area is 124 Å². The Hall–Kier alpha value is -1.95. The van der Waals surface area contributed by atoms with Gasteiger partial charge in [-0.3, -0.25) is 4.98 Å². The lowest BCUT2D eigenvalue weighted by Gasteiger charge is -2.16. The lowest BCUT2D eigenvalue weighted by atomic mass is 10.4. The molecular weight excluding hydrogens is 278 g/mol. The van der Waals surface area contributed by atoms with Crippen LogP contribution in [0.4, 0.5) is 4.79 Å². The van der Waals surface area contributed by atoms with Gasteiger partial charge in [-0.05, 0) is 12.1 Å². The van der Waals surface area contributed by atoms with E-state index in [2.05, 4.69) is 26.6 Å². The molecule has 6 nitrogen and oxygen atoms in total. The molecular formula is C13H20ClN5O. The average Bonchev–Trinajstić information content (AvgIpc) is 2.49. The van der Waals surface area contributed by atoms with Crippen LogP contribution < -0.4 is 0 Å². The quantitative estimate of drug-likeness (QED) is 0.699. The lowest BCUT2D eigenvalue weighted by Crippen LogP contribution is -2.33. The molecule has 0 aliphatic heterocycles. The van der Waals surface area contributed by atoms with Crippen molar-refractivity contribution >= 4 is 28.8 Å². The van der Waals surface area contributed by atoms with Gasteiger partial charge in [-0.25, -0.2) is 14.8 Å². The third-order valence-corrected chi connectivity index (χ3v) is 2.01. The summed E-state index contributed by atoms with van der Waals surface area (Å²) in [5.41, 5.74) is 1.54. The van der Waals surface area contributed by atoms with E-state index < -0.39 is 0 Å². The second-order valence-electron chi connectivity index (χ2n) is 3.97. The minimum Gasteiger partial charge on any atom is -0.331 e. The molecule has 0 saturated heterocycles. The van der Waals surface area contributed by atoms with Crippen molar-refractivity contribution in [1.82, 2.24) is 24.8 Å². The minimum atomic E-state index is 0.0185. The van der Waals surface area contributed by atoms with E-state index in [1.165, 1.54) is 16.2 Å². The highest BCUT2D eigenvalue weighted by atomic mass is 35.5. The van der Waals surface area contributed by atoms with Gasteiger partial charge in [0, 0.05) is 53.2 Å². The zero-order valence-electron chi connectivity index (χ0n) is 12.4. The standard InChI is InChI=1S/C7H5N3.C5H12N2O.CH3Cl/c1-2-6-7(9-3-1)10-5-4-8-6;1-6(2)5(8)7(3)4;1-2/h1-5H;1-4H3;1H3. The molecule has 20 heavy (non-hydrogen) atoms. The first-order valence-corrected chi connectivity index (χ1v) is 6.56. The molecule has 0 saturated carbocycles. The van der Waals surface area contributed by atoms with Gasteiger partial charge in [0.2, 0.25) is 0 Å². The molecule has 0 aliphatic carbocycles. The summed E-state index contributed by atoms with van der Waals surface area (Å²) >= 11 is 4.64. The van der Waals surface area contributed by atoms with Gasteiger partial charge in [0.15, 0.2) is 5.65 Å². The first-order valence-electron chi connectivity index (χ1n) is 5.80. The Morgan fingerprint density at radius 3 is 1.90 bits per heavy atom. The number of amides is 2. The number of fused-ring (bicyclic) bond motifs is 1. The van der Waals surface area contributed by atoms with Crippen LogP contribution in [0.2, 0.25) is 0 Å². The van der Waals surface area contributed by atoms with Crippen molar-refractivity contribution in [3.8, 4) is 0 Å². The molecule has 2 rings (SSSR count). The van der Waals surface area contributed by atoms with E-state index in [4.69, 9.17) is 0 Å². The summed E-state index contributed by atoms with van der Waals surface area (Å²) in [5.74, 6) is 0. The highest BCUT2D eigenvalue weighted by Crippen LogP contribution is 2.00. The molecule has 0 unspecified atom stereocenters. The molecule has 0 aliphatic rings. The number of halogens is 1. The van der Waals surface area contributed by atoms with E-state index in [-0.39, 0.29) is 6.03 Å². The summed E-state index contributed by atoms with van der Waals surface area (Å²) in [6.45, 7) is 0.